The highest BCUT2D eigenvalue weighted by Gasteiger charge is 2.13. The minimum absolute atomic E-state index is 0.220. The molecule has 8 heteroatoms. The first-order valence-corrected chi connectivity index (χ1v) is 10.9. The standard InChI is InChI=1S/C24H21BrN4O3/c1-4-22-27-21-9-8-18(25)12-20(21)23(30)29(22)26-13-17-10-14(2)28(15(17)3)19-7-5-6-16(11-19)24(31)32/h5-13H,4H2,1-3H3,(H,31,32). The lowest BCUT2D eigenvalue weighted by molar-refractivity contribution is 0.0697. The summed E-state index contributed by atoms with van der Waals surface area (Å²) in [5.41, 5.74) is 4.02. The first-order chi connectivity index (χ1) is 15.3. The Balaban J connectivity index is 1.80. The SMILES string of the molecule is CCc1nc2ccc(Br)cc2c(=O)n1N=Cc1cc(C)n(-c2cccc(C(=O)O)c2)c1C. The van der Waals surface area contributed by atoms with Crippen LogP contribution in [0, 0.1) is 13.8 Å². The zero-order valence-corrected chi connectivity index (χ0v) is 19.4. The molecule has 7 nitrogen and oxygen atoms in total. The van der Waals surface area contributed by atoms with Crippen molar-refractivity contribution in [1.82, 2.24) is 14.2 Å². The molecule has 0 aliphatic carbocycles. The van der Waals surface area contributed by atoms with Crippen LogP contribution in [-0.4, -0.2) is 31.5 Å². The lowest BCUT2D eigenvalue weighted by Crippen LogP contribution is -2.22. The molecule has 2 aromatic heterocycles. The van der Waals surface area contributed by atoms with Crippen LogP contribution in [-0.2, 0) is 6.42 Å². The third kappa shape index (κ3) is 3.89. The number of nitrogens with zero attached hydrogens (tertiary/aromatic N) is 4. The molecule has 0 saturated carbocycles. The second-order valence-electron chi connectivity index (χ2n) is 7.42. The minimum atomic E-state index is -0.974. The quantitative estimate of drug-likeness (QED) is 0.408. The molecule has 0 saturated heterocycles. The zero-order chi connectivity index (χ0) is 23.0. The van der Waals surface area contributed by atoms with E-state index in [2.05, 4.69) is 26.0 Å². The third-order valence-electron chi connectivity index (χ3n) is 5.33. The van der Waals surface area contributed by atoms with Gasteiger partial charge in [-0.2, -0.15) is 9.78 Å². The maximum Gasteiger partial charge on any atom is 0.335 e. The summed E-state index contributed by atoms with van der Waals surface area (Å²) in [4.78, 5) is 29.0. The van der Waals surface area contributed by atoms with E-state index in [0.717, 1.165) is 27.1 Å². The predicted molar refractivity (Wildman–Crippen MR) is 128 cm³/mol. The minimum Gasteiger partial charge on any atom is -0.478 e. The van der Waals surface area contributed by atoms with Gasteiger partial charge in [0.25, 0.3) is 5.56 Å². The topological polar surface area (TPSA) is 89.5 Å². The highest BCUT2D eigenvalue weighted by molar-refractivity contribution is 9.10. The Kier molecular flexibility index (Phi) is 5.80. The highest BCUT2D eigenvalue weighted by atomic mass is 79.9. The van der Waals surface area contributed by atoms with Crippen molar-refractivity contribution >= 4 is 39.0 Å². The fourth-order valence-corrected chi connectivity index (χ4v) is 4.12. The van der Waals surface area contributed by atoms with Crippen molar-refractivity contribution in [2.45, 2.75) is 27.2 Å². The molecule has 0 radical (unpaired) electrons. The fraction of sp³-hybridized carbons (Fsp3) is 0.167. The molecule has 2 aromatic carbocycles. The van der Waals surface area contributed by atoms with E-state index in [9.17, 15) is 14.7 Å². The summed E-state index contributed by atoms with van der Waals surface area (Å²) >= 11 is 3.40. The van der Waals surface area contributed by atoms with Gasteiger partial charge in [-0.05, 0) is 56.3 Å². The van der Waals surface area contributed by atoms with Crippen LogP contribution in [0.1, 0.15) is 40.1 Å². The fourth-order valence-electron chi connectivity index (χ4n) is 3.76. The highest BCUT2D eigenvalue weighted by Crippen LogP contribution is 2.21. The van der Waals surface area contributed by atoms with Gasteiger partial charge in [-0.15, -0.1) is 0 Å². The van der Waals surface area contributed by atoms with Crippen molar-refractivity contribution in [1.29, 1.82) is 0 Å². The summed E-state index contributed by atoms with van der Waals surface area (Å²) in [5.74, 6) is -0.401. The van der Waals surface area contributed by atoms with Crippen LogP contribution in [0.5, 0.6) is 0 Å². The van der Waals surface area contributed by atoms with Crippen LogP contribution < -0.4 is 5.56 Å². The van der Waals surface area contributed by atoms with Gasteiger partial charge < -0.3 is 9.67 Å². The van der Waals surface area contributed by atoms with Gasteiger partial charge >= 0.3 is 5.97 Å². The van der Waals surface area contributed by atoms with E-state index in [1.165, 1.54) is 4.68 Å². The number of aromatic nitrogens is 3. The lowest BCUT2D eigenvalue weighted by atomic mass is 10.2. The van der Waals surface area contributed by atoms with Crippen molar-refractivity contribution in [2.24, 2.45) is 5.10 Å². The molecule has 32 heavy (non-hydrogen) atoms. The number of fused-ring (bicyclic) bond motifs is 1. The molecular weight excluding hydrogens is 472 g/mol. The Bertz CT molecular complexity index is 1450. The number of halogens is 1. The van der Waals surface area contributed by atoms with E-state index in [-0.39, 0.29) is 11.1 Å². The Morgan fingerprint density at radius 2 is 1.97 bits per heavy atom. The van der Waals surface area contributed by atoms with E-state index in [1.807, 2.05) is 49.6 Å². The molecule has 1 N–H and O–H groups in total. The van der Waals surface area contributed by atoms with E-state index in [4.69, 9.17) is 0 Å². The molecule has 0 fully saturated rings. The van der Waals surface area contributed by atoms with Crippen LogP contribution in [0.25, 0.3) is 16.6 Å². The van der Waals surface area contributed by atoms with Crippen LogP contribution in [0.2, 0.25) is 0 Å². The molecule has 2 heterocycles. The van der Waals surface area contributed by atoms with Crippen LogP contribution in [0.4, 0.5) is 0 Å². The van der Waals surface area contributed by atoms with Crippen molar-refractivity contribution < 1.29 is 9.90 Å². The number of aromatic carboxylic acids is 1. The van der Waals surface area contributed by atoms with Crippen LogP contribution in [0.15, 0.2) is 62.9 Å². The number of hydrogen-bond donors (Lipinski definition) is 1. The number of carbonyl (C=O) groups is 1. The maximum absolute atomic E-state index is 13.1. The molecule has 162 valence electrons. The number of carboxylic acid groups (broad SMARTS) is 1. The zero-order valence-electron chi connectivity index (χ0n) is 17.8. The molecule has 4 aromatic rings. The van der Waals surface area contributed by atoms with Gasteiger partial charge in [-0.25, -0.2) is 9.78 Å². The molecule has 0 atom stereocenters. The molecule has 0 bridgehead atoms. The molecular formula is C24H21BrN4O3. The number of benzene rings is 2. The van der Waals surface area contributed by atoms with Gasteiger partial charge in [0.1, 0.15) is 5.82 Å². The molecule has 0 spiro atoms. The smallest absolute Gasteiger partial charge is 0.335 e. The van der Waals surface area contributed by atoms with Gasteiger partial charge in [0.15, 0.2) is 0 Å². The van der Waals surface area contributed by atoms with E-state index < -0.39 is 5.97 Å². The summed E-state index contributed by atoms with van der Waals surface area (Å²) < 4.78 is 4.11. The number of rotatable bonds is 5. The van der Waals surface area contributed by atoms with Crippen molar-refractivity contribution in [3.63, 3.8) is 0 Å². The summed E-state index contributed by atoms with van der Waals surface area (Å²) in [6.45, 7) is 5.80. The second-order valence-corrected chi connectivity index (χ2v) is 8.34. The van der Waals surface area contributed by atoms with Gasteiger partial charge in [-0.3, -0.25) is 4.79 Å². The summed E-state index contributed by atoms with van der Waals surface area (Å²) in [5, 5.41) is 14.3. The Morgan fingerprint density at radius 3 is 2.69 bits per heavy atom. The van der Waals surface area contributed by atoms with E-state index in [1.54, 1.807) is 30.5 Å². The summed E-state index contributed by atoms with van der Waals surface area (Å²) in [6.07, 6.45) is 2.20. The second kappa shape index (κ2) is 8.55. The average molecular weight is 493 g/mol. The van der Waals surface area contributed by atoms with Gasteiger partial charge in [0, 0.05) is 33.5 Å². The molecule has 0 unspecified atom stereocenters. The molecule has 0 aliphatic rings. The van der Waals surface area contributed by atoms with Crippen molar-refractivity contribution in [2.75, 3.05) is 0 Å². The molecule has 0 amide bonds. The van der Waals surface area contributed by atoms with Gasteiger partial charge in [-0.1, -0.05) is 28.9 Å². The Labute approximate surface area is 192 Å². The van der Waals surface area contributed by atoms with Crippen LogP contribution in [0.3, 0.4) is 0 Å². The number of aryl methyl sites for hydroxylation is 2. The first-order valence-electron chi connectivity index (χ1n) is 10.1. The van der Waals surface area contributed by atoms with Crippen molar-refractivity contribution in [3.05, 3.63) is 91.7 Å². The normalized spacial score (nSPS) is 11.5. The maximum atomic E-state index is 13.1. The monoisotopic (exact) mass is 492 g/mol. The Morgan fingerprint density at radius 1 is 1.19 bits per heavy atom. The lowest BCUT2D eigenvalue weighted by Gasteiger charge is -2.10. The summed E-state index contributed by atoms with van der Waals surface area (Å²) in [6, 6.07) is 14.1. The molecule has 0 aliphatic heterocycles. The number of carboxylic acids is 1. The van der Waals surface area contributed by atoms with Crippen molar-refractivity contribution in [3.8, 4) is 5.69 Å². The summed E-state index contributed by atoms with van der Waals surface area (Å²) in [7, 11) is 0. The largest absolute Gasteiger partial charge is 0.478 e. The number of hydrogen-bond acceptors (Lipinski definition) is 4. The predicted octanol–water partition coefficient (Wildman–Crippen LogP) is 4.71. The van der Waals surface area contributed by atoms with E-state index >= 15 is 0 Å². The first kappa shape index (κ1) is 21.7. The third-order valence-corrected chi connectivity index (χ3v) is 5.82. The van der Waals surface area contributed by atoms with E-state index in [0.29, 0.717) is 23.1 Å². The van der Waals surface area contributed by atoms with Gasteiger partial charge in [0.2, 0.25) is 0 Å². The Hall–Kier alpha value is -3.52. The van der Waals surface area contributed by atoms with Gasteiger partial charge in [0.05, 0.1) is 22.7 Å². The average Bonchev–Trinajstić information content (AvgIpc) is 3.06. The molecule has 4 rings (SSSR count). The van der Waals surface area contributed by atoms with Crippen LogP contribution >= 0.6 is 15.9 Å².